The lowest BCUT2D eigenvalue weighted by atomic mass is 10.3. The molecule has 58 valence electrons. The summed E-state index contributed by atoms with van der Waals surface area (Å²) in [6, 6.07) is 0. The third-order valence-corrected chi connectivity index (χ3v) is 1.02. The van der Waals surface area contributed by atoms with Crippen LogP contribution in [-0.4, -0.2) is 28.3 Å². The lowest BCUT2D eigenvalue weighted by molar-refractivity contribution is -0.150. The van der Waals surface area contributed by atoms with Gasteiger partial charge in [-0.15, -0.1) is 0 Å². The van der Waals surface area contributed by atoms with Gasteiger partial charge in [0, 0.05) is 0 Å². The van der Waals surface area contributed by atoms with Gasteiger partial charge in [0.2, 0.25) is 0 Å². The van der Waals surface area contributed by atoms with Gasteiger partial charge in [-0.3, -0.25) is 4.79 Å². The Morgan fingerprint density at radius 1 is 1.50 bits per heavy atom. The number of rotatable bonds is 4. The molecule has 2 N–H and O–H groups in total. The molecule has 0 heterocycles. The molecule has 6 heteroatoms. The van der Waals surface area contributed by atoms with E-state index >= 15 is 0 Å². The van der Waals surface area contributed by atoms with Crippen molar-refractivity contribution in [1.29, 1.82) is 0 Å². The SMILES string of the molecule is O=C(O)CC(OS)C(=O)O. The van der Waals surface area contributed by atoms with Crippen LogP contribution < -0.4 is 0 Å². The van der Waals surface area contributed by atoms with Crippen LogP contribution in [0.15, 0.2) is 0 Å². The van der Waals surface area contributed by atoms with Gasteiger partial charge < -0.3 is 14.4 Å². The Balaban J connectivity index is 3.83. The molecule has 0 amide bonds. The lowest BCUT2D eigenvalue weighted by Crippen LogP contribution is -2.23. The molecule has 0 bridgehead atoms. The molecule has 0 fully saturated rings. The van der Waals surface area contributed by atoms with Gasteiger partial charge in [-0.05, 0) is 12.9 Å². The predicted octanol–water partition coefficient (Wildman–Crippen LogP) is -0.224. The minimum atomic E-state index is -1.37. The first-order chi connectivity index (χ1) is 4.57. The van der Waals surface area contributed by atoms with Crippen LogP contribution in [0.25, 0.3) is 0 Å². The Hall–Kier alpha value is -0.750. The van der Waals surface area contributed by atoms with E-state index in [9.17, 15) is 9.59 Å². The molecule has 0 radical (unpaired) electrons. The van der Waals surface area contributed by atoms with Crippen LogP contribution >= 0.6 is 12.9 Å². The first-order valence-corrected chi connectivity index (χ1v) is 2.69. The average Bonchev–Trinajstić information content (AvgIpc) is 1.81. The van der Waals surface area contributed by atoms with Crippen molar-refractivity contribution in [2.75, 3.05) is 0 Å². The number of carboxylic acids is 2. The van der Waals surface area contributed by atoms with Crippen molar-refractivity contribution in [2.24, 2.45) is 0 Å². The minimum Gasteiger partial charge on any atom is -0.481 e. The van der Waals surface area contributed by atoms with E-state index < -0.39 is 24.5 Å². The smallest absolute Gasteiger partial charge is 0.334 e. The maximum Gasteiger partial charge on any atom is 0.334 e. The van der Waals surface area contributed by atoms with Crippen molar-refractivity contribution >= 4 is 24.8 Å². The minimum absolute atomic E-state index is 0.584. The highest BCUT2D eigenvalue weighted by molar-refractivity contribution is 7.75. The molecule has 0 aliphatic rings. The van der Waals surface area contributed by atoms with Crippen LogP contribution in [0.5, 0.6) is 0 Å². The van der Waals surface area contributed by atoms with Crippen LogP contribution in [-0.2, 0) is 13.8 Å². The highest BCUT2D eigenvalue weighted by atomic mass is 32.1. The summed E-state index contributed by atoms with van der Waals surface area (Å²) in [5.41, 5.74) is 0. The summed E-state index contributed by atoms with van der Waals surface area (Å²) in [7, 11) is 0. The summed E-state index contributed by atoms with van der Waals surface area (Å²) in [6.45, 7) is 0. The summed E-state index contributed by atoms with van der Waals surface area (Å²) in [5.74, 6) is -2.57. The van der Waals surface area contributed by atoms with Crippen molar-refractivity contribution in [3.05, 3.63) is 0 Å². The quantitative estimate of drug-likeness (QED) is 0.397. The average molecular weight is 166 g/mol. The van der Waals surface area contributed by atoms with E-state index in [0.717, 1.165) is 0 Å². The summed E-state index contributed by atoms with van der Waals surface area (Å²) >= 11 is 3.19. The van der Waals surface area contributed by atoms with Crippen molar-refractivity contribution in [3.63, 3.8) is 0 Å². The largest absolute Gasteiger partial charge is 0.481 e. The number of aliphatic carboxylic acids is 2. The highest BCUT2D eigenvalue weighted by Crippen LogP contribution is 2.00. The normalized spacial score (nSPS) is 12.5. The Morgan fingerprint density at radius 3 is 2.10 bits per heavy atom. The molecule has 0 rings (SSSR count). The van der Waals surface area contributed by atoms with Gasteiger partial charge in [0.1, 0.15) is 0 Å². The van der Waals surface area contributed by atoms with Crippen LogP contribution in [0, 0.1) is 0 Å². The van der Waals surface area contributed by atoms with Crippen molar-refractivity contribution in [2.45, 2.75) is 12.5 Å². The zero-order chi connectivity index (χ0) is 8.15. The van der Waals surface area contributed by atoms with E-state index in [4.69, 9.17) is 10.2 Å². The molecule has 0 aromatic rings. The Bertz CT molecular complexity index is 145. The highest BCUT2D eigenvalue weighted by Gasteiger charge is 2.20. The first-order valence-electron chi connectivity index (χ1n) is 2.32. The molecule has 0 spiro atoms. The summed E-state index contributed by atoms with van der Waals surface area (Å²) < 4.78 is 4.04. The van der Waals surface area contributed by atoms with Gasteiger partial charge in [0.15, 0.2) is 6.10 Å². The van der Waals surface area contributed by atoms with Crippen LogP contribution in [0.3, 0.4) is 0 Å². The van der Waals surface area contributed by atoms with Crippen molar-refractivity contribution in [1.82, 2.24) is 0 Å². The van der Waals surface area contributed by atoms with E-state index in [1.54, 1.807) is 0 Å². The van der Waals surface area contributed by atoms with Crippen LogP contribution in [0.4, 0.5) is 0 Å². The standard InChI is InChI=1S/C4H6O5S/c5-3(6)1-2(9-10)4(7)8/h2,10H,1H2,(H,5,6)(H,7,8). The molecule has 1 atom stereocenters. The molecule has 0 aliphatic heterocycles. The number of carboxylic acid groups (broad SMARTS) is 2. The number of carbonyl (C=O) groups is 2. The van der Waals surface area contributed by atoms with Gasteiger partial charge in [-0.25, -0.2) is 4.79 Å². The van der Waals surface area contributed by atoms with Gasteiger partial charge in [-0.2, -0.15) is 0 Å². The zero-order valence-corrected chi connectivity index (χ0v) is 5.75. The van der Waals surface area contributed by atoms with Gasteiger partial charge in [-0.1, -0.05) is 0 Å². The van der Waals surface area contributed by atoms with E-state index in [0.29, 0.717) is 0 Å². The molecular formula is C4H6O5S. The Morgan fingerprint density at radius 2 is 2.00 bits per heavy atom. The number of thiol groups is 1. The molecule has 0 aliphatic carbocycles. The molecule has 1 unspecified atom stereocenters. The molecular weight excluding hydrogens is 160 g/mol. The fourth-order valence-electron chi connectivity index (χ4n) is 0.328. The lowest BCUT2D eigenvalue weighted by Gasteiger charge is -2.03. The van der Waals surface area contributed by atoms with Gasteiger partial charge in [0.05, 0.1) is 6.42 Å². The molecule has 0 aromatic carbocycles. The monoisotopic (exact) mass is 166 g/mol. The van der Waals surface area contributed by atoms with Crippen LogP contribution in [0.1, 0.15) is 6.42 Å². The predicted molar refractivity (Wildman–Crippen MR) is 33.7 cm³/mol. The molecule has 0 saturated carbocycles. The number of hydrogen-bond donors (Lipinski definition) is 3. The van der Waals surface area contributed by atoms with Gasteiger partial charge >= 0.3 is 11.9 Å². The van der Waals surface area contributed by atoms with E-state index in [-0.39, 0.29) is 0 Å². The fraction of sp³-hybridized carbons (Fsp3) is 0.500. The van der Waals surface area contributed by atoms with Crippen molar-refractivity contribution < 1.29 is 24.0 Å². The summed E-state index contributed by atoms with van der Waals surface area (Å²) in [6.07, 6.45) is -1.96. The molecule has 0 aromatic heterocycles. The maximum absolute atomic E-state index is 10.0. The van der Waals surface area contributed by atoms with Crippen LogP contribution in [0.2, 0.25) is 0 Å². The topological polar surface area (TPSA) is 83.8 Å². The zero-order valence-electron chi connectivity index (χ0n) is 4.85. The molecule has 10 heavy (non-hydrogen) atoms. The fourth-order valence-corrected chi connectivity index (χ4v) is 0.493. The Kier molecular flexibility index (Phi) is 3.82. The third-order valence-electron chi connectivity index (χ3n) is 0.763. The number of hydrogen-bond acceptors (Lipinski definition) is 4. The maximum atomic E-state index is 10.0. The second-order valence-electron chi connectivity index (χ2n) is 1.53. The Labute approximate surface area is 62.2 Å². The second kappa shape index (κ2) is 4.13. The van der Waals surface area contributed by atoms with Crippen molar-refractivity contribution in [3.8, 4) is 0 Å². The molecule has 0 saturated heterocycles. The second-order valence-corrected chi connectivity index (χ2v) is 1.74. The van der Waals surface area contributed by atoms with Gasteiger partial charge in [0.25, 0.3) is 0 Å². The van der Waals surface area contributed by atoms with E-state index in [1.807, 2.05) is 0 Å². The summed E-state index contributed by atoms with van der Waals surface area (Å²) in [5, 5.41) is 16.3. The van der Waals surface area contributed by atoms with E-state index in [1.165, 1.54) is 0 Å². The first kappa shape index (κ1) is 9.25. The van der Waals surface area contributed by atoms with E-state index in [2.05, 4.69) is 17.1 Å². The molecule has 5 nitrogen and oxygen atoms in total. The summed E-state index contributed by atoms with van der Waals surface area (Å²) in [4.78, 5) is 19.9. The third kappa shape index (κ3) is 3.31.